The fraction of sp³-hybridized carbons (Fsp3) is 0.333. The summed E-state index contributed by atoms with van der Waals surface area (Å²) >= 11 is 0. The van der Waals surface area contributed by atoms with Crippen LogP contribution in [-0.4, -0.2) is 24.8 Å². The molecule has 0 atom stereocenters. The number of nitrogens with zero attached hydrogens (tertiary/aromatic N) is 1. The summed E-state index contributed by atoms with van der Waals surface area (Å²) in [6, 6.07) is 16.5. The summed E-state index contributed by atoms with van der Waals surface area (Å²) in [6.45, 7) is 2.73. The van der Waals surface area contributed by atoms with Crippen molar-refractivity contribution in [3.63, 3.8) is 0 Å². The average Bonchev–Trinajstić information content (AvgIpc) is 2.55. The second-order valence-corrected chi connectivity index (χ2v) is 5.38. The predicted molar refractivity (Wildman–Crippen MR) is 84.8 cm³/mol. The van der Waals surface area contributed by atoms with Crippen LogP contribution in [0.15, 0.2) is 48.5 Å². The number of hydrogen-bond donors (Lipinski definition) is 1. The van der Waals surface area contributed by atoms with Gasteiger partial charge in [-0.15, -0.1) is 0 Å². The third kappa shape index (κ3) is 3.37. The van der Waals surface area contributed by atoms with Gasteiger partial charge in [0.1, 0.15) is 12.4 Å². The second-order valence-electron chi connectivity index (χ2n) is 5.38. The van der Waals surface area contributed by atoms with Crippen LogP contribution in [0.5, 0.6) is 5.75 Å². The normalized spacial score (nSPS) is 13.7. The molecule has 21 heavy (non-hydrogen) atoms. The van der Waals surface area contributed by atoms with Crippen molar-refractivity contribution in [2.75, 3.05) is 24.6 Å². The lowest BCUT2D eigenvalue weighted by molar-refractivity contribution is 0.280. The number of ether oxygens (including phenoxy) is 1. The Kier molecular flexibility index (Phi) is 4.41. The molecule has 0 bridgehead atoms. The Labute approximate surface area is 125 Å². The number of rotatable bonds is 5. The first-order valence-corrected chi connectivity index (χ1v) is 7.52. The summed E-state index contributed by atoms with van der Waals surface area (Å²) < 4.78 is 5.69. The lowest BCUT2D eigenvalue weighted by Crippen LogP contribution is -2.33. The van der Waals surface area contributed by atoms with Gasteiger partial charge in [-0.1, -0.05) is 36.4 Å². The molecule has 1 aliphatic rings. The molecule has 3 heteroatoms. The average molecular weight is 283 g/mol. The molecule has 1 heterocycles. The quantitative estimate of drug-likeness (QED) is 0.915. The van der Waals surface area contributed by atoms with Crippen LogP contribution in [0.1, 0.15) is 17.5 Å². The summed E-state index contributed by atoms with van der Waals surface area (Å²) in [5, 5.41) is 9.29. The summed E-state index contributed by atoms with van der Waals surface area (Å²) in [4.78, 5) is 2.36. The SMILES string of the molecule is OCc1ccc2c(c1)N(CCCc1ccccc1)CCO2. The van der Waals surface area contributed by atoms with E-state index in [9.17, 15) is 5.11 Å². The number of aryl methyl sites for hydroxylation is 1. The van der Waals surface area contributed by atoms with Crippen LogP contribution in [0.25, 0.3) is 0 Å². The van der Waals surface area contributed by atoms with Crippen LogP contribution in [-0.2, 0) is 13.0 Å². The third-order valence-corrected chi connectivity index (χ3v) is 3.90. The Morgan fingerprint density at radius 2 is 1.90 bits per heavy atom. The highest BCUT2D eigenvalue weighted by molar-refractivity contribution is 5.61. The highest BCUT2D eigenvalue weighted by atomic mass is 16.5. The standard InChI is InChI=1S/C18H21NO2/c20-14-16-8-9-18-17(13-16)19(11-12-21-18)10-4-7-15-5-2-1-3-6-15/h1-3,5-6,8-9,13,20H,4,7,10-12,14H2. The fourth-order valence-electron chi connectivity index (χ4n) is 2.77. The van der Waals surface area contributed by atoms with Crippen molar-refractivity contribution in [2.24, 2.45) is 0 Å². The van der Waals surface area contributed by atoms with Gasteiger partial charge in [-0.2, -0.15) is 0 Å². The van der Waals surface area contributed by atoms with Crippen molar-refractivity contribution in [1.82, 2.24) is 0 Å². The summed E-state index contributed by atoms with van der Waals surface area (Å²) in [5.74, 6) is 0.929. The minimum atomic E-state index is 0.0745. The van der Waals surface area contributed by atoms with Crippen LogP contribution in [0.2, 0.25) is 0 Å². The van der Waals surface area contributed by atoms with Crippen LogP contribution in [0.4, 0.5) is 5.69 Å². The van der Waals surface area contributed by atoms with E-state index >= 15 is 0 Å². The molecule has 3 rings (SSSR count). The monoisotopic (exact) mass is 283 g/mol. The molecular formula is C18H21NO2. The van der Waals surface area contributed by atoms with Gasteiger partial charge in [0.2, 0.25) is 0 Å². The van der Waals surface area contributed by atoms with Crippen LogP contribution >= 0.6 is 0 Å². The van der Waals surface area contributed by atoms with Gasteiger partial charge in [-0.05, 0) is 36.1 Å². The van der Waals surface area contributed by atoms with Gasteiger partial charge in [0.05, 0.1) is 18.8 Å². The van der Waals surface area contributed by atoms with E-state index in [1.807, 2.05) is 18.2 Å². The lowest BCUT2D eigenvalue weighted by atomic mass is 10.1. The highest BCUT2D eigenvalue weighted by Gasteiger charge is 2.17. The van der Waals surface area contributed by atoms with Gasteiger partial charge in [0.15, 0.2) is 0 Å². The molecule has 0 fully saturated rings. The number of fused-ring (bicyclic) bond motifs is 1. The summed E-state index contributed by atoms with van der Waals surface area (Å²) in [5.41, 5.74) is 3.43. The largest absolute Gasteiger partial charge is 0.490 e. The third-order valence-electron chi connectivity index (χ3n) is 3.90. The molecule has 1 aliphatic heterocycles. The zero-order chi connectivity index (χ0) is 14.5. The Hall–Kier alpha value is -2.00. The van der Waals surface area contributed by atoms with Gasteiger partial charge in [0, 0.05) is 6.54 Å². The molecule has 0 aromatic heterocycles. The molecule has 0 amide bonds. The van der Waals surface area contributed by atoms with Gasteiger partial charge in [-0.3, -0.25) is 0 Å². The minimum Gasteiger partial charge on any atom is -0.490 e. The van der Waals surface area contributed by atoms with Gasteiger partial charge in [-0.25, -0.2) is 0 Å². The molecule has 110 valence electrons. The lowest BCUT2D eigenvalue weighted by Gasteiger charge is -2.31. The molecule has 0 saturated heterocycles. The van der Waals surface area contributed by atoms with Crippen molar-refractivity contribution in [2.45, 2.75) is 19.4 Å². The molecule has 0 saturated carbocycles. The van der Waals surface area contributed by atoms with E-state index < -0.39 is 0 Å². The predicted octanol–water partition coefficient (Wildman–Crippen LogP) is 3.01. The number of aliphatic hydroxyl groups excluding tert-OH is 1. The van der Waals surface area contributed by atoms with Crippen molar-refractivity contribution < 1.29 is 9.84 Å². The van der Waals surface area contributed by atoms with Crippen LogP contribution in [0, 0.1) is 0 Å². The van der Waals surface area contributed by atoms with Crippen molar-refractivity contribution in [3.8, 4) is 5.75 Å². The highest BCUT2D eigenvalue weighted by Crippen LogP contribution is 2.32. The molecule has 0 unspecified atom stereocenters. The van der Waals surface area contributed by atoms with E-state index in [1.165, 1.54) is 5.56 Å². The van der Waals surface area contributed by atoms with E-state index in [2.05, 4.69) is 35.2 Å². The zero-order valence-corrected chi connectivity index (χ0v) is 12.2. The molecule has 0 aliphatic carbocycles. The molecule has 0 spiro atoms. The molecule has 1 N–H and O–H groups in total. The van der Waals surface area contributed by atoms with Crippen LogP contribution in [0.3, 0.4) is 0 Å². The number of benzene rings is 2. The first kappa shape index (κ1) is 14.0. The minimum absolute atomic E-state index is 0.0745. The Morgan fingerprint density at radius 3 is 2.71 bits per heavy atom. The van der Waals surface area contributed by atoms with Gasteiger partial charge in [0.25, 0.3) is 0 Å². The first-order chi connectivity index (χ1) is 10.4. The number of aliphatic hydroxyl groups is 1. The van der Waals surface area contributed by atoms with E-state index in [-0.39, 0.29) is 6.61 Å². The zero-order valence-electron chi connectivity index (χ0n) is 12.2. The van der Waals surface area contributed by atoms with Gasteiger partial charge < -0.3 is 14.7 Å². The number of anilines is 1. The molecule has 3 nitrogen and oxygen atoms in total. The van der Waals surface area contributed by atoms with Crippen molar-refractivity contribution >= 4 is 5.69 Å². The first-order valence-electron chi connectivity index (χ1n) is 7.52. The van der Waals surface area contributed by atoms with Crippen molar-refractivity contribution in [3.05, 3.63) is 59.7 Å². The summed E-state index contributed by atoms with van der Waals surface area (Å²) in [6.07, 6.45) is 2.21. The van der Waals surface area contributed by atoms with Gasteiger partial charge >= 0.3 is 0 Å². The van der Waals surface area contributed by atoms with E-state index in [1.54, 1.807) is 0 Å². The fourth-order valence-corrected chi connectivity index (χ4v) is 2.77. The Balaban J connectivity index is 1.64. The molecule has 0 radical (unpaired) electrons. The van der Waals surface area contributed by atoms with E-state index in [0.29, 0.717) is 0 Å². The van der Waals surface area contributed by atoms with Crippen molar-refractivity contribution in [1.29, 1.82) is 0 Å². The second kappa shape index (κ2) is 6.64. The smallest absolute Gasteiger partial charge is 0.142 e. The number of hydrogen-bond acceptors (Lipinski definition) is 3. The molecular weight excluding hydrogens is 262 g/mol. The maximum Gasteiger partial charge on any atom is 0.142 e. The van der Waals surface area contributed by atoms with E-state index in [0.717, 1.165) is 49.5 Å². The maximum absolute atomic E-state index is 9.29. The molecule has 2 aromatic carbocycles. The van der Waals surface area contributed by atoms with Crippen LogP contribution < -0.4 is 9.64 Å². The topological polar surface area (TPSA) is 32.7 Å². The Morgan fingerprint density at radius 1 is 1.05 bits per heavy atom. The summed E-state index contributed by atoms with van der Waals surface area (Å²) in [7, 11) is 0. The Bertz CT molecular complexity index is 583. The maximum atomic E-state index is 9.29. The van der Waals surface area contributed by atoms with E-state index in [4.69, 9.17) is 4.74 Å². The molecule has 2 aromatic rings.